The van der Waals surface area contributed by atoms with Gasteiger partial charge in [0.25, 0.3) is 10.0 Å². The van der Waals surface area contributed by atoms with Gasteiger partial charge in [0.15, 0.2) is 0 Å². The van der Waals surface area contributed by atoms with Crippen molar-refractivity contribution in [2.75, 3.05) is 31.6 Å². The summed E-state index contributed by atoms with van der Waals surface area (Å²) in [5.41, 5.74) is 0.305. The van der Waals surface area contributed by atoms with Gasteiger partial charge in [0.05, 0.1) is 24.8 Å². The Balaban J connectivity index is 2.31. The highest BCUT2D eigenvalue weighted by Gasteiger charge is 2.29. The van der Waals surface area contributed by atoms with Gasteiger partial charge in [-0.3, -0.25) is 9.10 Å². The lowest BCUT2D eigenvalue weighted by Gasteiger charge is -2.26. The molecule has 0 aromatic heterocycles. The molecular weight excluding hydrogens is 428 g/mol. The van der Waals surface area contributed by atoms with Gasteiger partial charge >= 0.3 is 0 Å². The van der Waals surface area contributed by atoms with Crippen molar-refractivity contribution in [1.82, 2.24) is 5.32 Å². The number of carbonyl (C=O) groups is 1. The van der Waals surface area contributed by atoms with Crippen LogP contribution in [0.5, 0.6) is 11.5 Å². The Morgan fingerprint density at radius 2 is 1.72 bits per heavy atom. The fourth-order valence-corrected chi connectivity index (χ4v) is 4.83. The minimum atomic E-state index is -4.03. The Labute approximate surface area is 191 Å². The molecule has 32 heavy (non-hydrogen) atoms. The van der Waals surface area contributed by atoms with Crippen molar-refractivity contribution in [3.05, 3.63) is 48.5 Å². The molecule has 0 fully saturated rings. The lowest BCUT2D eigenvalue weighted by atomic mass is 9.99. The molecular formula is C24H34N2O5S. The van der Waals surface area contributed by atoms with Crippen LogP contribution >= 0.6 is 0 Å². The van der Waals surface area contributed by atoms with E-state index >= 15 is 0 Å². The molecule has 7 nitrogen and oxygen atoms in total. The van der Waals surface area contributed by atoms with Crippen LogP contribution in [0.3, 0.4) is 0 Å². The third-order valence-electron chi connectivity index (χ3n) is 5.42. The summed E-state index contributed by atoms with van der Waals surface area (Å²) in [6.45, 7) is 4.42. The van der Waals surface area contributed by atoms with Crippen LogP contribution in [0, 0.1) is 5.92 Å². The van der Waals surface area contributed by atoms with E-state index in [1.54, 1.807) is 36.4 Å². The Morgan fingerprint density at radius 1 is 1.03 bits per heavy atom. The number of hydrogen-bond acceptors (Lipinski definition) is 5. The molecule has 2 aromatic rings. The van der Waals surface area contributed by atoms with Crippen LogP contribution in [0.25, 0.3) is 0 Å². The SMILES string of the molecule is CCCC[C@H](CC)CNC(=O)CN(c1ccccc1OC)S(=O)(=O)c1ccc(OC)cc1. The molecule has 1 N–H and O–H groups in total. The molecule has 0 unspecified atom stereocenters. The van der Waals surface area contributed by atoms with Crippen molar-refractivity contribution in [3.63, 3.8) is 0 Å². The molecule has 0 heterocycles. The van der Waals surface area contributed by atoms with Crippen LogP contribution in [0.15, 0.2) is 53.4 Å². The molecule has 2 aromatic carbocycles. The summed E-state index contributed by atoms with van der Waals surface area (Å²) in [4.78, 5) is 12.9. The van der Waals surface area contributed by atoms with E-state index in [0.29, 0.717) is 29.6 Å². The van der Waals surface area contributed by atoms with Crippen molar-refractivity contribution in [3.8, 4) is 11.5 Å². The Hall–Kier alpha value is -2.74. The number of nitrogens with one attached hydrogen (secondary N) is 1. The summed E-state index contributed by atoms with van der Waals surface area (Å²) in [7, 11) is -1.05. The molecule has 2 rings (SSSR count). The standard InChI is InChI=1S/C24H34N2O5S/c1-5-7-10-19(6-2)17-25-24(27)18-26(22-11-8-9-12-23(22)31-4)32(28,29)21-15-13-20(30-3)14-16-21/h8-9,11-16,19H,5-7,10,17-18H2,1-4H3,(H,25,27)/t19-/m0/s1. The van der Waals surface area contributed by atoms with Crippen molar-refractivity contribution in [2.24, 2.45) is 5.92 Å². The van der Waals surface area contributed by atoms with Gasteiger partial charge in [0, 0.05) is 6.54 Å². The van der Waals surface area contributed by atoms with E-state index in [4.69, 9.17) is 9.47 Å². The molecule has 0 saturated heterocycles. The number of methoxy groups -OCH3 is 2. The number of unbranched alkanes of at least 4 members (excludes halogenated alkanes) is 1. The smallest absolute Gasteiger partial charge is 0.264 e. The minimum absolute atomic E-state index is 0.0615. The zero-order valence-corrected chi connectivity index (χ0v) is 20.2. The van der Waals surface area contributed by atoms with Gasteiger partial charge in [-0.05, 0) is 48.7 Å². The first-order valence-corrected chi connectivity index (χ1v) is 12.4. The third kappa shape index (κ3) is 6.63. The second kappa shape index (κ2) is 12.3. The largest absolute Gasteiger partial charge is 0.497 e. The van der Waals surface area contributed by atoms with E-state index in [9.17, 15) is 13.2 Å². The maximum absolute atomic E-state index is 13.5. The normalized spacial score (nSPS) is 12.1. The molecule has 8 heteroatoms. The Kier molecular flexibility index (Phi) is 9.84. The van der Waals surface area contributed by atoms with Gasteiger partial charge < -0.3 is 14.8 Å². The summed E-state index contributed by atoms with van der Waals surface area (Å²) in [5, 5.41) is 2.92. The van der Waals surface area contributed by atoms with Crippen molar-refractivity contribution in [2.45, 2.75) is 44.4 Å². The van der Waals surface area contributed by atoms with Crippen molar-refractivity contribution >= 4 is 21.6 Å². The summed E-state index contributed by atoms with van der Waals surface area (Å²) < 4.78 is 38.6. The average molecular weight is 463 g/mol. The van der Waals surface area contributed by atoms with Gasteiger partial charge in [-0.25, -0.2) is 8.42 Å². The van der Waals surface area contributed by atoms with E-state index in [0.717, 1.165) is 30.0 Å². The van der Waals surface area contributed by atoms with E-state index in [-0.39, 0.29) is 17.3 Å². The fraction of sp³-hybridized carbons (Fsp3) is 0.458. The van der Waals surface area contributed by atoms with Crippen LogP contribution in [0.2, 0.25) is 0 Å². The number of benzene rings is 2. The zero-order valence-electron chi connectivity index (χ0n) is 19.3. The summed E-state index contributed by atoms with van der Waals surface area (Å²) in [6, 6.07) is 12.8. The zero-order chi connectivity index (χ0) is 23.6. The van der Waals surface area contributed by atoms with Crippen molar-refractivity contribution in [1.29, 1.82) is 0 Å². The van der Waals surface area contributed by atoms with Crippen LogP contribution in [0.1, 0.15) is 39.5 Å². The molecule has 1 atom stereocenters. The maximum Gasteiger partial charge on any atom is 0.264 e. The molecule has 0 spiro atoms. The second-order valence-corrected chi connectivity index (χ2v) is 9.44. The van der Waals surface area contributed by atoms with E-state index in [1.165, 1.54) is 26.4 Å². The Bertz CT molecular complexity index is 961. The lowest BCUT2D eigenvalue weighted by molar-refractivity contribution is -0.119. The predicted octanol–water partition coefficient (Wildman–Crippen LogP) is 4.23. The second-order valence-electron chi connectivity index (χ2n) is 7.58. The quantitative estimate of drug-likeness (QED) is 0.481. The van der Waals surface area contributed by atoms with E-state index < -0.39 is 10.0 Å². The molecule has 1 amide bonds. The monoisotopic (exact) mass is 462 g/mol. The number of anilines is 1. The maximum atomic E-state index is 13.5. The highest BCUT2D eigenvalue weighted by molar-refractivity contribution is 7.92. The van der Waals surface area contributed by atoms with Gasteiger partial charge in [0.1, 0.15) is 18.0 Å². The summed E-state index contributed by atoms with van der Waals surface area (Å²) in [5.74, 6) is 0.926. The molecule has 0 bridgehead atoms. The molecule has 0 saturated carbocycles. The number of sulfonamides is 1. The van der Waals surface area contributed by atoms with Gasteiger partial charge in [0.2, 0.25) is 5.91 Å². The summed E-state index contributed by atoms with van der Waals surface area (Å²) in [6.07, 6.45) is 4.20. The first-order chi connectivity index (χ1) is 15.4. The topological polar surface area (TPSA) is 84.9 Å². The predicted molar refractivity (Wildman–Crippen MR) is 127 cm³/mol. The average Bonchev–Trinajstić information content (AvgIpc) is 2.82. The van der Waals surface area contributed by atoms with E-state index in [1.807, 2.05) is 0 Å². The number of para-hydroxylation sites is 2. The molecule has 0 aliphatic heterocycles. The molecule has 0 aliphatic rings. The van der Waals surface area contributed by atoms with Gasteiger partial charge in [-0.1, -0.05) is 45.2 Å². The number of amides is 1. The first-order valence-electron chi connectivity index (χ1n) is 10.9. The van der Waals surface area contributed by atoms with Crippen LogP contribution < -0.4 is 19.1 Å². The number of carbonyl (C=O) groups excluding carboxylic acids is 1. The molecule has 0 aliphatic carbocycles. The highest BCUT2D eigenvalue weighted by atomic mass is 32.2. The first kappa shape index (κ1) is 25.5. The Morgan fingerprint density at radius 3 is 2.31 bits per heavy atom. The highest BCUT2D eigenvalue weighted by Crippen LogP contribution is 2.32. The van der Waals surface area contributed by atoms with Gasteiger partial charge in [-0.2, -0.15) is 0 Å². The number of nitrogens with zero attached hydrogens (tertiary/aromatic N) is 1. The lowest BCUT2D eigenvalue weighted by Crippen LogP contribution is -2.42. The summed E-state index contributed by atoms with van der Waals surface area (Å²) >= 11 is 0. The van der Waals surface area contributed by atoms with Gasteiger partial charge in [-0.15, -0.1) is 0 Å². The minimum Gasteiger partial charge on any atom is -0.497 e. The molecule has 176 valence electrons. The number of rotatable bonds is 13. The van der Waals surface area contributed by atoms with Crippen LogP contribution in [-0.4, -0.2) is 41.6 Å². The van der Waals surface area contributed by atoms with E-state index in [2.05, 4.69) is 19.2 Å². The third-order valence-corrected chi connectivity index (χ3v) is 7.19. The van der Waals surface area contributed by atoms with Crippen LogP contribution in [-0.2, 0) is 14.8 Å². The number of ether oxygens (including phenoxy) is 2. The van der Waals surface area contributed by atoms with Crippen LogP contribution in [0.4, 0.5) is 5.69 Å². The number of hydrogen-bond donors (Lipinski definition) is 1. The molecule has 0 radical (unpaired) electrons. The van der Waals surface area contributed by atoms with Crippen molar-refractivity contribution < 1.29 is 22.7 Å². The fourth-order valence-electron chi connectivity index (χ4n) is 3.40.